The molecule has 0 saturated carbocycles. The van der Waals surface area contributed by atoms with Crippen LogP contribution < -0.4 is 10.4 Å². The molecule has 0 aliphatic carbocycles. The lowest BCUT2D eigenvalue weighted by molar-refractivity contribution is 0.293. The van der Waals surface area contributed by atoms with E-state index < -0.39 is 0 Å². The van der Waals surface area contributed by atoms with Crippen molar-refractivity contribution in [1.29, 1.82) is 0 Å². The Morgan fingerprint density at radius 1 is 1.00 bits per heavy atom. The average molecular weight is 405 g/mol. The van der Waals surface area contributed by atoms with E-state index in [2.05, 4.69) is 15.4 Å². The summed E-state index contributed by atoms with van der Waals surface area (Å²) in [5, 5.41) is 7.70. The minimum absolute atomic E-state index is 0.184. The molecule has 0 radical (unpaired) electrons. The van der Waals surface area contributed by atoms with Gasteiger partial charge in [-0.25, -0.2) is 14.2 Å². The molecular formula is C22H20FN5O2. The molecule has 2 heterocycles. The first-order valence-corrected chi connectivity index (χ1v) is 9.38. The van der Waals surface area contributed by atoms with Gasteiger partial charge in [-0.05, 0) is 53.6 Å². The van der Waals surface area contributed by atoms with Gasteiger partial charge >= 0.3 is 5.69 Å². The Hall–Kier alpha value is -3.81. The second kappa shape index (κ2) is 7.90. The molecule has 30 heavy (non-hydrogen) atoms. The normalized spacial score (nSPS) is 10.9. The van der Waals surface area contributed by atoms with Crippen LogP contribution in [0, 0.1) is 19.7 Å². The molecule has 0 N–H and O–H groups in total. The first kappa shape index (κ1) is 19.5. The third kappa shape index (κ3) is 3.71. The molecule has 8 heteroatoms. The lowest BCUT2D eigenvalue weighted by Gasteiger charge is -2.13. The van der Waals surface area contributed by atoms with E-state index in [9.17, 15) is 9.18 Å². The van der Waals surface area contributed by atoms with Crippen LogP contribution in [0.4, 0.5) is 4.39 Å². The van der Waals surface area contributed by atoms with Crippen LogP contribution in [-0.2, 0) is 13.7 Å². The van der Waals surface area contributed by atoms with Crippen LogP contribution in [-0.4, -0.2) is 24.8 Å². The van der Waals surface area contributed by atoms with Gasteiger partial charge in [0.25, 0.3) is 0 Å². The van der Waals surface area contributed by atoms with Gasteiger partial charge < -0.3 is 4.74 Å². The van der Waals surface area contributed by atoms with Crippen molar-refractivity contribution in [3.8, 4) is 22.8 Å². The lowest BCUT2D eigenvalue weighted by Crippen LogP contribution is -2.23. The number of ether oxygens (including phenoxy) is 1. The van der Waals surface area contributed by atoms with Crippen LogP contribution in [0.2, 0.25) is 0 Å². The number of aryl methyl sites for hydroxylation is 3. The molecule has 0 bridgehead atoms. The fourth-order valence-corrected chi connectivity index (χ4v) is 3.09. The van der Waals surface area contributed by atoms with E-state index in [0.29, 0.717) is 28.4 Å². The van der Waals surface area contributed by atoms with Gasteiger partial charge in [-0.3, -0.25) is 0 Å². The monoisotopic (exact) mass is 405 g/mol. The van der Waals surface area contributed by atoms with Crippen molar-refractivity contribution in [3.05, 3.63) is 87.6 Å². The highest BCUT2D eigenvalue weighted by atomic mass is 19.1. The average Bonchev–Trinajstić information content (AvgIpc) is 3.07. The molecule has 0 amide bonds. The molecule has 0 fully saturated rings. The summed E-state index contributed by atoms with van der Waals surface area (Å²) >= 11 is 0. The van der Waals surface area contributed by atoms with Crippen LogP contribution in [0.25, 0.3) is 16.9 Å². The molecule has 0 unspecified atom stereocenters. The number of rotatable bonds is 5. The van der Waals surface area contributed by atoms with Gasteiger partial charge in [0.2, 0.25) is 5.88 Å². The fourth-order valence-electron chi connectivity index (χ4n) is 3.09. The summed E-state index contributed by atoms with van der Waals surface area (Å²) in [6.07, 6.45) is 0. The zero-order valence-electron chi connectivity index (χ0n) is 16.8. The zero-order chi connectivity index (χ0) is 21.3. The van der Waals surface area contributed by atoms with Crippen molar-refractivity contribution in [1.82, 2.24) is 24.8 Å². The lowest BCUT2D eigenvalue weighted by atomic mass is 10.1. The quantitative estimate of drug-likeness (QED) is 0.509. The van der Waals surface area contributed by atoms with Crippen LogP contribution in [0.1, 0.15) is 16.7 Å². The maximum absolute atomic E-state index is 13.9. The summed E-state index contributed by atoms with van der Waals surface area (Å²) in [6, 6.07) is 15.9. The van der Waals surface area contributed by atoms with Crippen molar-refractivity contribution >= 4 is 0 Å². The highest BCUT2D eigenvalue weighted by Crippen LogP contribution is 2.24. The van der Waals surface area contributed by atoms with E-state index >= 15 is 0 Å². The van der Waals surface area contributed by atoms with Gasteiger partial charge in [-0.15, -0.1) is 0 Å². The summed E-state index contributed by atoms with van der Waals surface area (Å²) < 4.78 is 22.2. The Labute approximate surface area is 172 Å². The minimum Gasteiger partial charge on any atom is -0.473 e. The van der Waals surface area contributed by atoms with Crippen molar-refractivity contribution in [2.24, 2.45) is 7.05 Å². The molecule has 4 rings (SSSR count). The third-order valence-electron chi connectivity index (χ3n) is 4.89. The molecule has 0 aliphatic rings. The Bertz CT molecular complexity index is 1280. The van der Waals surface area contributed by atoms with Crippen LogP contribution >= 0.6 is 0 Å². The van der Waals surface area contributed by atoms with E-state index in [0.717, 1.165) is 11.1 Å². The second-order valence-corrected chi connectivity index (χ2v) is 6.98. The summed E-state index contributed by atoms with van der Waals surface area (Å²) in [5.41, 5.74) is 3.87. The van der Waals surface area contributed by atoms with Crippen LogP contribution in [0.3, 0.4) is 0 Å². The maximum Gasteiger partial charge on any atom is 0.368 e. The fraction of sp³-hybridized carbons (Fsp3) is 0.182. The molecule has 0 atom stereocenters. The number of hydrogen-bond acceptors (Lipinski definition) is 5. The Morgan fingerprint density at radius 3 is 2.53 bits per heavy atom. The summed E-state index contributed by atoms with van der Waals surface area (Å²) in [6.45, 7) is 3.83. The molecule has 0 spiro atoms. The number of halogens is 1. The van der Waals surface area contributed by atoms with E-state index in [4.69, 9.17) is 4.74 Å². The van der Waals surface area contributed by atoms with Gasteiger partial charge in [0.15, 0.2) is 0 Å². The molecular weight excluding hydrogens is 385 g/mol. The number of tetrazole rings is 1. The largest absolute Gasteiger partial charge is 0.473 e. The predicted octanol–water partition coefficient (Wildman–Crippen LogP) is 3.36. The Balaban J connectivity index is 1.62. The molecule has 0 saturated heterocycles. The topological polar surface area (TPSA) is 74.8 Å². The number of nitrogens with zero attached hydrogens (tertiary/aromatic N) is 5. The molecule has 2 aromatic carbocycles. The van der Waals surface area contributed by atoms with Crippen molar-refractivity contribution < 1.29 is 9.13 Å². The van der Waals surface area contributed by atoms with Crippen LogP contribution in [0.15, 0.2) is 59.4 Å². The van der Waals surface area contributed by atoms with Gasteiger partial charge in [-0.1, -0.05) is 30.3 Å². The molecule has 2 aromatic heterocycles. The third-order valence-corrected chi connectivity index (χ3v) is 4.89. The van der Waals surface area contributed by atoms with E-state index in [1.807, 2.05) is 25.1 Å². The first-order chi connectivity index (χ1) is 14.4. The van der Waals surface area contributed by atoms with E-state index in [1.54, 1.807) is 44.3 Å². The highest BCUT2D eigenvalue weighted by molar-refractivity contribution is 5.60. The maximum atomic E-state index is 13.9. The molecule has 7 nitrogen and oxygen atoms in total. The molecule has 152 valence electrons. The zero-order valence-corrected chi connectivity index (χ0v) is 16.8. The SMILES string of the molecule is Cc1ccc(-c2cccc(OCc3c(C)cccc3-n3nnn(C)c3=O)n2)cc1F. The minimum atomic E-state index is -0.344. The van der Waals surface area contributed by atoms with Crippen LogP contribution in [0.5, 0.6) is 5.88 Å². The standard InChI is InChI=1S/C22H20FN5O2/c1-14-6-4-8-20(28-22(29)27(3)25-26-28)17(14)13-30-21-9-5-7-19(24-21)16-11-10-15(2)18(23)12-16/h4-12H,13H2,1-3H3. The van der Waals surface area contributed by atoms with Crippen molar-refractivity contribution in [3.63, 3.8) is 0 Å². The van der Waals surface area contributed by atoms with Gasteiger partial charge in [0.05, 0.1) is 11.4 Å². The Kier molecular flexibility index (Phi) is 5.14. The van der Waals surface area contributed by atoms with Crippen molar-refractivity contribution in [2.75, 3.05) is 0 Å². The summed E-state index contributed by atoms with van der Waals surface area (Å²) in [5.74, 6) is 0.119. The summed E-state index contributed by atoms with van der Waals surface area (Å²) in [7, 11) is 1.54. The molecule has 4 aromatic rings. The Morgan fingerprint density at radius 2 is 1.80 bits per heavy atom. The number of pyridine rings is 1. The second-order valence-electron chi connectivity index (χ2n) is 6.98. The number of aromatic nitrogens is 5. The summed E-state index contributed by atoms with van der Waals surface area (Å²) in [4.78, 5) is 16.8. The first-order valence-electron chi connectivity index (χ1n) is 9.38. The molecule has 0 aliphatic heterocycles. The number of benzene rings is 2. The van der Waals surface area contributed by atoms with Crippen molar-refractivity contribution in [2.45, 2.75) is 20.5 Å². The predicted molar refractivity (Wildman–Crippen MR) is 110 cm³/mol. The van der Waals surface area contributed by atoms with E-state index in [-0.39, 0.29) is 18.1 Å². The van der Waals surface area contributed by atoms with Gasteiger partial charge in [-0.2, -0.15) is 9.36 Å². The van der Waals surface area contributed by atoms with E-state index in [1.165, 1.54) is 15.4 Å². The van der Waals surface area contributed by atoms with Gasteiger partial charge in [0, 0.05) is 24.2 Å². The highest BCUT2D eigenvalue weighted by Gasteiger charge is 2.14. The van der Waals surface area contributed by atoms with Gasteiger partial charge in [0.1, 0.15) is 12.4 Å². The smallest absolute Gasteiger partial charge is 0.368 e. The number of hydrogen-bond donors (Lipinski definition) is 0.